The molecule has 1 aromatic carbocycles. The van der Waals surface area contributed by atoms with E-state index in [0.29, 0.717) is 51.9 Å². The second-order valence-corrected chi connectivity index (χ2v) is 7.43. The molecule has 1 aromatic rings. The van der Waals surface area contributed by atoms with Crippen molar-refractivity contribution in [2.45, 2.75) is 26.3 Å². The van der Waals surface area contributed by atoms with Crippen molar-refractivity contribution in [3.8, 4) is 11.5 Å². The number of hydrogen-bond acceptors (Lipinski definition) is 6. The van der Waals surface area contributed by atoms with Gasteiger partial charge in [0.1, 0.15) is 13.2 Å². The first-order valence-electron chi connectivity index (χ1n) is 9.70. The lowest BCUT2D eigenvalue weighted by Gasteiger charge is -2.20. The first-order chi connectivity index (χ1) is 13.4. The van der Waals surface area contributed by atoms with Crippen LogP contribution < -0.4 is 20.1 Å². The van der Waals surface area contributed by atoms with Crippen molar-refractivity contribution in [3.63, 3.8) is 0 Å². The summed E-state index contributed by atoms with van der Waals surface area (Å²) in [6.45, 7) is 10.9. The van der Waals surface area contributed by atoms with Gasteiger partial charge in [0.15, 0.2) is 11.5 Å². The molecule has 0 bridgehead atoms. The third kappa shape index (κ3) is 9.21. The number of carbonyl (C=O) groups is 1. The van der Waals surface area contributed by atoms with E-state index in [2.05, 4.69) is 31.4 Å². The summed E-state index contributed by atoms with van der Waals surface area (Å²) < 4.78 is 21.9. The van der Waals surface area contributed by atoms with Gasteiger partial charge in [0.05, 0.1) is 26.4 Å². The van der Waals surface area contributed by atoms with E-state index in [9.17, 15) is 4.79 Å². The highest BCUT2D eigenvalue weighted by Crippen LogP contribution is 2.30. The fourth-order valence-corrected chi connectivity index (χ4v) is 2.46. The van der Waals surface area contributed by atoms with Gasteiger partial charge in [-0.25, -0.2) is 0 Å². The number of rotatable bonds is 11. The summed E-state index contributed by atoms with van der Waals surface area (Å²) >= 11 is 0. The van der Waals surface area contributed by atoms with Crippen molar-refractivity contribution in [1.29, 1.82) is 0 Å². The van der Waals surface area contributed by atoms with E-state index in [1.165, 1.54) is 6.08 Å². The molecule has 0 radical (unpaired) electrons. The molecular weight excluding hydrogens is 360 g/mol. The highest BCUT2D eigenvalue weighted by atomic mass is 16.6. The summed E-state index contributed by atoms with van der Waals surface area (Å²) in [5.41, 5.74) is 0.989. The van der Waals surface area contributed by atoms with Gasteiger partial charge in [0.25, 0.3) is 0 Å². The van der Waals surface area contributed by atoms with Crippen LogP contribution in [0.25, 0.3) is 6.08 Å². The molecule has 0 spiro atoms. The maximum atomic E-state index is 11.9. The van der Waals surface area contributed by atoms with Crippen LogP contribution in [0.3, 0.4) is 0 Å². The van der Waals surface area contributed by atoms with E-state index in [4.69, 9.17) is 18.9 Å². The van der Waals surface area contributed by atoms with Crippen LogP contribution in [0.4, 0.5) is 0 Å². The molecule has 0 saturated carbocycles. The first-order valence-corrected chi connectivity index (χ1v) is 9.70. The van der Waals surface area contributed by atoms with E-state index in [1.807, 2.05) is 18.2 Å². The molecule has 156 valence electrons. The second-order valence-electron chi connectivity index (χ2n) is 7.43. The number of carbonyl (C=O) groups excluding carboxylic acids is 1. The summed E-state index contributed by atoms with van der Waals surface area (Å²) in [5.74, 6) is 1.28. The zero-order chi connectivity index (χ0) is 20.2. The van der Waals surface area contributed by atoms with Gasteiger partial charge in [0.2, 0.25) is 5.91 Å². The summed E-state index contributed by atoms with van der Waals surface area (Å²) in [5, 5.41) is 6.14. The Bertz CT molecular complexity index is 640. The lowest BCUT2D eigenvalue weighted by Crippen LogP contribution is -2.38. The molecule has 28 heavy (non-hydrogen) atoms. The molecule has 1 heterocycles. The minimum absolute atomic E-state index is 0.106. The first kappa shape index (κ1) is 22.2. The van der Waals surface area contributed by atoms with E-state index >= 15 is 0 Å². The van der Waals surface area contributed by atoms with Crippen molar-refractivity contribution in [2.75, 3.05) is 52.7 Å². The Hall–Kier alpha value is -2.09. The van der Waals surface area contributed by atoms with Crippen molar-refractivity contribution < 1.29 is 23.7 Å². The smallest absolute Gasteiger partial charge is 0.244 e. The molecule has 0 atom stereocenters. The molecule has 1 aliphatic heterocycles. The van der Waals surface area contributed by atoms with Crippen molar-refractivity contribution in [3.05, 3.63) is 29.8 Å². The van der Waals surface area contributed by atoms with Crippen LogP contribution in [0.5, 0.6) is 11.5 Å². The SMILES string of the molecule is CC(C)(C)NCCOCCOCCNC(=O)/C=C/c1ccc2c(c1)OCCO2. The van der Waals surface area contributed by atoms with Crippen LogP contribution in [0.1, 0.15) is 26.3 Å². The Morgan fingerprint density at radius 1 is 1.04 bits per heavy atom. The van der Waals surface area contributed by atoms with Gasteiger partial charge >= 0.3 is 0 Å². The molecule has 1 aliphatic rings. The van der Waals surface area contributed by atoms with E-state index < -0.39 is 0 Å². The Morgan fingerprint density at radius 3 is 2.43 bits per heavy atom. The van der Waals surface area contributed by atoms with E-state index in [0.717, 1.165) is 17.9 Å². The van der Waals surface area contributed by atoms with Crippen LogP contribution >= 0.6 is 0 Å². The zero-order valence-corrected chi connectivity index (χ0v) is 17.1. The van der Waals surface area contributed by atoms with Crippen LogP contribution in [-0.2, 0) is 14.3 Å². The second kappa shape index (κ2) is 11.7. The van der Waals surface area contributed by atoms with Gasteiger partial charge in [-0.15, -0.1) is 0 Å². The third-order valence-electron chi connectivity index (χ3n) is 3.81. The number of nitrogens with one attached hydrogen (secondary N) is 2. The molecule has 2 rings (SSSR count). The molecule has 0 fully saturated rings. The van der Waals surface area contributed by atoms with Gasteiger partial charge in [-0.1, -0.05) is 6.07 Å². The van der Waals surface area contributed by atoms with Crippen LogP contribution in [0.15, 0.2) is 24.3 Å². The molecule has 0 aromatic heterocycles. The van der Waals surface area contributed by atoms with Crippen LogP contribution in [0.2, 0.25) is 0 Å². The molecule has 7 heteroatoms. The molecule has 0 aliphatic carbocycles. The van der Waals surface area contributed by atoms with E-state index in [-0.39, 0.29) is 11.4 Å². The fourth-order valence-electron chi connectivity index (χ4n) is 2.46. The topological polar surface area (TPSA) is 78.0 Å². The standard InChI is InChI=1S/C21H32N2O5/c1-21(2,3)23-9-11-26-13-12-25-10-8-22-20(24)7-5-17-4-6-18-19(16-17)28-15-14-27-18/h4-7,16,23H,8-15H2,1-3H3,(H,22,24)/b7-5+. The molecular formula is C21H32N2O5. The van der Waals surface area contributed by atoms with Crippen molar-refractivity contribution in [2.24, 2.45) is 0 Å². The largest absolute Gasteiger partial charge is 0.486 e. The van der Waals surface area contributed by atoms with Gasteiger partial charge < -0.3 is 29.6 Å². The van der Waals surface area contributed by atoms with Gasteiger partial charge in [-0.3, -0.25) is 4.79 Å². The van der Waals surface area contributed by atoms with Crippen LogP contribution in [0, 0.1) is 0 Å². The van der Waals surface area contributed by atoms with Crippen molar-refractivity contribution >= 4 is 12.0 Å². The summed E-state index contributed by atoms with van der Waals surface area (Å²) in [6, 6.07) is 5.59. The fraction of sp³-hybridized carbons (Fsp3) is 0.571. The summed E-state index contributed by atoms with van der Waals surface area (Å²) in [6.07, 6.45) is 3.24. The average Bonchev–Trinajstić information content (AvgIpc) is 2.66. The number of benzene rings is 1. The Balaban J connectivity index is 1.50. The zero-order valence-electron chi connectivity index (χ0n) is 17.1. The highest BCUT2D eigenvalue weighted by Gasteiger charge is 2.10. The maximum absolute atomic E-state index is 11.9. The molecule has 0 unspecified atom stereocenters. The number of ether oxygens (including phenoxy) is 4. The Labute approximate surface area is 167 Å². The third-order valence-corrected chi connectivity index (χ3v) is 3.81. The monoisotopic (exact) mass is 392 g/mol. The minimum Gasteiger partial charge on any atom is -0.486 e. The average molecular weight is 392 g/mol. The molecule has 1 amide bonds. The van der Waals surface area contributed by atoms with Gasteiger partial charge in [-0.05, 0) is 44.5 Å². The maximum Gasteiger partial charge on any atom is 0.244 e. The van der Waals surface area contributed by atoms with Gasteiger partial charge in [-0.2, -0.15) is 0 Å². The van der Waals surface area contributed by atoms with Crippen molar-refractivity contribution in [1.82, 2.24) is 10.6 Å². The number of fused-ring (bicyclic) bond motifs is 1. The Kier molecular flexibility index (Phi) is 9.27. The van der Waals surface area contributed by atoms with E-state index in [1.54, 1.807) is 6.08 Å². The normalized spacial score (nSPS) is 13.7. The number of amides is 1. The highest BCUT2D eigenvalue weighted by molar-refractivity contribution is 5.91. The van der Waals surface area contributed by atoms with Crippen LogP contribution in [-0.4, -0.2) is 64.2 Å². The lowest BCUT2D eigenvalue weighted by molar-refractivity contribution is -0.116. The molecule has 2 N–H and O–H groups in total. The Morgan fingerprint density at radius 2 is 1.71 bits per heavy atom. The predicted molar refractivity (Wildman–Crippen MR) is 109 cm³/mol. The predicted octanol–water partition coefficient (Wildman–Crippen LogP) is 2.01. The van der Waals surface area contributed by atoms with Gasteiger partial charge in [0, 0.05) is 24.7 Å². The quantitative estimate of drug-likeness (QED) is 0.443. The number of hydrogen-bond donors (Lipinski definition) is 2. The summed E-state index contributed by atoms with van der Waals surface area (Å²) in [7, 11) is 0. The minimum atomic E-state index is -0.164. The molecule has 0 saturated heterocycles. The summed E-state index contributed by atoms with van der Waals surface area (Å²) in [4.78, 5) is 11.9. The molecule has 7 nitrogen and oxygen atoms in total. The lowest BCUT2D eigenvalue weighted by atomic mass is 10.1.